The fraction of sp³-hybridized carbons (Fsp3) is 0.136. The average Bonchev–Trinajstić information content (AvgIpc) is 2.63. The zero-order valence-electron chi connectivity index (χ0n) is 14.2. The summed E-state index contributed by atoms with van der Waals surface area (Å²) >= 11 is 12.0. The van der Waals surface area contributed by atoms with E-state index in [-0.39, 0.29) is 11.6 Å². The van der Waals surface area contributed by atoms with E-state index in [2.05, 4.69) is 0 Å². The highest BCUT2D eigenvalue weighted by atomic mass is 35.5. The van der Waals surface area contributed by atoms with E-state index in [9.17, 15) is 9.18 Å². The molecule has 1 unspecified atom stereocenters. The Hall–Kier alpha value is -2.16. The van der Waals surface area contributed by atoms with Crippen LogP contribution in [0.3, 0.4) is 0 Å². The molecule has 132 valence electrons. The van der Waals surface area contributed by atoms with Crippen molar-refractivity contribution in [3.05, 3.63) is 93.7 Å². The van der Waals surface area contributed by atoms with Crippen molar-refractivity contribution in [3.8, 4) is 11.1 Å². The molecule has 0 saturated carbocycles. The summed E-state index contributed by atoms with van der Waals surface area (Å²) in [6.45, 7) is 1.52. The molecule has 0 aliphatic rings. The molecule has 0 heterocycles. The minimum atomic E-state index is -0.438. The molecule has 0 saturated heterocycles. The van der Waals surface area contributed by atoms with Gasteiger partial charge in [-0.3, -0.25) is 4.79 Å². The van der Waals surface area contributed by atoms with Crippen molar-refractivity contribution in [1.29, 1.82) is 0 Å². The van der Waals surface area contributed by atoms with Crippen molar-refractivity contribution < 1.29 is 9.18 Å². The van der Waals surface area contributed by atoms with Crippen LogP contribution in [0.25, 0.3) is 11.1 Å². The fourth-order valence-corrected chi connectivity index (χ4v) is 3.32. The van der Waals surface area contributed by atoms with E-state index in [1.54, 1.807) is 18.2 Å². The molecule has 1 nitrogen and oxygen atoms in total. The van der Waals surface area contributed by atoms with Crippen LogP contribution in [0.5, 0.6) is 0 Å². The Kier molecular flexibility index (Phi) is 5.75. The number of hydrogen-bond donors (Lipinski definition) is 0. The third-order valence-electron chi connectivity index (χ3n) is 4.39. The smallest absolute Gasteiger partial charge is 0.137 e. The third kappa shape index (κ3) is 4.14. The summed E-state index contributed by atoms with van der Waals surface area (Å²) < 4.78 is 14.7. The van der Waals surface area contributed by atoms with Gasteiger partial charge in [-0.1, -0.05) is 71.7 Å². The molecule has 0 aromatic heterocycles. The van der Waals surface area contributed by atoms with Crippen molar-refractivity contribution >= 4 is 29.0 Å². The third-order valence-corrected chi connectivity index (χ3v) is 5.13. The average molecular weight is 387 g/mol. The molecule has 26 heavy (non-hydrogen) atoms. The molecule has 0 N–H and O–H groups in total. The standard InChI is InChI=1S/C22H17Cl2FO/c1-14(26)19(11-15-7-10-20(23)21(24)12-15)17-8-9-18(22(25)13-17)16-5-3-2-4-6-16/h2-10,12-13,19H,11H2,1H3. The summed E-state index contributed by atoms with van der Waals surface area (Å²) in [5.74, 6) is -0.802. The molecule has 3 rings (SSSR count). The van der Waals surface area contributed by atoms with Gasteiger partial charge in [0.2, 0.25) is 0 Å². The minimum absolute atomic E-state index is 0.0251. The van der Waals surface area contributed by atoms with Crippen LogP contribution in [0.15, 0.2) is 66.7 Å². The van der Waals surface area contributed by atoms with Crippen LogP contribution in [-0.4, -0.2) is 5.78 Å². The van der Waals surface area contributed by atoms with E-state index in [1.807, 2.05) is 42.5 Å². The number of carbonyl (C=O) groups excluding carboxylic acids is 1. The van der Waals surface area contributed by atoms with Crippen LogP contribution in [0.4, 0.5) is 4.39 Å². The maximum Gasteiger partial charge on any atom is 0.137 e. The molecule has 0 fully saturated rings. The summed E-state index contributed by atoms with van der Waals surface area (Å²) in [5, 5.41) is 0.908. The molecule has 0 amide bonds. The molecule has 0 spiro atoms. The lowest BCUT2D eigenvalue weighted by molar-refractivity contribution is -0.118. The quantitative estimate of drug-likeness (QED) is 0.475. The molecule has 3 aromatic rings. The summed E-state index contributed by atoms with van der Waals surface area (Å²) in [7, 11) is 0. The Bertz CT molecular complexity index is 938. The molecule has 3 aromatic carbocycles. The van der Waals surface area contributed by atoms with Gasteiger partial charge in [0, 0.05) is 11.5 Å². The lowest BCUT2D eigenvalue weighted by Gasteiger charge is -2.16. The Labute approximate surface area is 162 Å². The Morgan fingerprint density at radius 2 is 1.69 bits per heavy atom. The zero-order valence-corrected chi connectivity index (χ0v) is 15.7. The first-order valence-electron chi connectivity index (χ1n) is 8.25. The van der Waals surface area contributed by atoms with Gasteiger partial charge in [0.25, 0.3) is 0 Å². The summed E-state index contributed by atoms with van der Waals surface area (Å²) in [4.78, 5) is 12.2. The first-order valence-corrected chi connectivity index (χ1v) is 9.00. The van der Waals surface area contributed by atoms with Crippen molar-refractivity contribution in [1.82, 2.24) is 0 Å². The van der Waals surface area contributed by atoms with Crippen molar-refractivity contribution in [2.75, 3.05) is 0 Å². The van der Waals surface area contributed by atoms with Gasteiger partial charge >= 0.3 is 0 Å². The van der Waals surface area contributed by atoms with Gasteiger partial charge < -0.3 is 0 Å². The molecule has 0 aliphatic heterocycles. The second kappa shape index (κ2) is 8.03. The van der Waals surface area contributed by atoms with Crippen LogP contribution in [0.1, 0.15) is 24.0 Å². The Morgan fingerprint density at radius 3 is 2.31 bits per heavy atom. The van der Waals surface area contributed by atoms with Crippen LogP contribution in [0.2, 0.25) is 10.0 Å². The van der Waals surface area contributed by atoms with Gasteiger partial charge in [0.1, 0.15) is 11.6 Å². The monoisotopic (exact) mass is 386 g/mol. The molecular weight excluding hydrogens is 370 g/mol. The molecule has 0 bridgehead atoms. The molecule has 0 radical (unpaired) electrons. The lowest BCUT2D eigenvalue weighted by atomic mass is 9.88. The summed E-state index contributed by atoms with van der Waals surface area (Å²) in [6.07, 6.45) is 0.441. The number of ketones is 1. The van der Waals surface area contributed by atoms with Gasteiger partial charge in [0.15, 0.2) is 0 Å². The second-order valence-electron chi connectivity index (χ2n) is 6.22. The molecular formula is C22H17Cl2FO. The highest BCUT2D eigenvalue weighted by molar-refractivity contribution is 6.42. The number of halogens is 3. The van der Waals surface area contributed by atoms with Crippen molar-refractivity contribution in [2.45, 2.75) is 19.3 Å². The van der Waals surface area contributed by atoms with Gasteiger partial charge in [-0.2, -0.15) is 0 Å². The highest BCUT2D eigenvalue weighted by Gasteiger charge is 2.19. The van der Waals surface area contributed by atoms with Gasteiger partial charge in [-0.15, -0.1) is 0 Å². The number of rotatable bonds is 5. The zero-order chi connectivity index (χ0) is 18.7. The van der Waals surface area contributed by atoms with Gasteiger partial charge in [-0.05, 0) is 48.2 Å². The van der Waals surface area contributed by atoms with E-state index in [0.717, 1.165) is 11.1 Å². The SMILES string of the molecule is CC(=O)C(Cc1ccc(Cl)c(Cl)c1)c1ccc(-c2ccccc2)c(F)c1. The van der Waals surface area contributed by atoms with Crippen LogP contribution >= 0.6 is 23.2 Å². The van der Waals surface area contributed by atoms with E-state index < -0.39 is 5.92 Å². The topological polar surface area (TPSA) is 17.1 Å². The van der Waals surface area contributed by atoms with Crippen molar-refractivity contribution in [3.63, 3.8) is 0 Å². The predicted molar refractivity (Wildman–Crippen MR) is 105 cm³/mol. The first kappa shape index (κ1) is 18.6. The van der Waals surface area contributed by atoms with E-state index in [0.29, 0.717) is 27.6 Å². The number of Topliss-reactive ketones (excluding diaryl/α,β-unsaturated/α-hetero) is 1. The highest BCUT2D eigenvalue weighted by Crippen LogP contribution is 2.30. The van der Waals surface area contributed by atoms with Gasteiger partial charge in [-0.25, -0.2) is 4.39 Å². The lowest BCUT2D eigenvalue weighted by Crippen LogP contribution is -2.12. The van der Waals surface area contributed by atoms with Crippen molar-refractivity contribution in [2.24, 2.45) is 0 Å². The van der Waals surface area contributed by atoms with E-state index >= 15 is 0 Å². The minimum Gasteiger partial charge on any atom is -0.299 e. The number of benzene rings is 3. The fourth-order valence-electron chi connectivity index (χ4n) is 3.00. The first-order chi connectivity index (χ1) is 12.5. The normalized spacial score (nSPS) is 12.0. The van der Waals surface area contributed by atoms with Gasteiger partial charge in [0.05, 0.1) is 10.0 Å². The van der Waals surface area contributed by atoms with E-state index in [4.69, 9.17) is 23.2 Å². The Morgan fingerprint density at radius 1 is 0.962 bits per heavy atom. The number of hydrogen-bond acceptors (Lipinski definition) is 1. The maximum atomic E-state index is 14.7. The number of carbonyl (C=O) groups is 1. The summed E-state index contributed by atoms with van der Waals surface area (Å²) in [5.41, 5.74) is 2.86. The van der Waals surface area contributed by atoms with Crippen LogP contribution in [0, 0.1) is 5.82 Å². The largest absolute Gasteiger partial charge is 0.299 e. The van der Waals surface area contributed by atoms with E-state index in [1.165, 1.54) is 13.0 Å². The van der Waals surface area contributed by atoms with Crippen LogP contribution in [-0.2, 0) is 11.2 Å². The Balaban J connectivity index is 1.92. The predicted octanol–water partition coefficient (Wildman–Crippen LogP) is 6.71. The van der Waals surface area contributed by atoms with Crippen LogP contribution < -0.4 is 0 Å². The summed E-state index contributed by atoms with van der Waals surface area (Å²) in [6, 6.07) is 19.6. The molecule has 4 heteroatoms. The molecule has 1 atom stereocenters. The second-order valence-corrected chi connectivity index (χ2v) is 7.04. The maximum absolute atomic E-state index is 14.7. The molecule has 0 aliphatic carbocycles.